The average Bonchev–Trinajstić information content (AvgIpc) is 2.63. The van der Waals surface area contributed by atoms with Gasteiger partial charge in [-0.25, -0.2) is 13.4 Å². The third-order valence-corrected chi connectivity index (χ3v) is 5.43. The van der Waals surface area contributed by atoms with Gasteiger partial charge in [0.1, 0.15) is 5.82 Å². The first-order chi connectivity index (χ1) is 11.6. The molecular formula is C17H22N4O2S. The highest BCUT2D eigenvalue weighted by atomic mass is 32.2. The molecule has 0 bridgehead atoms. The Morgan fingerprint density at radius 3 is 2.25 bits per heavy atom. The number of piperazine rings is 1. The van der Waals surface area contributed by atoms with Gasteiger partial charge in [-0.05, 0) is 31.2 Å². The highest BCUT2D eigenvalue weighted by Gasteiger charge is 2.18. The van der Waals surface area contributed by atoms with E-state index in [1.165, 1.54) is 5.69 Å². The Balaban J connectivity index is 1.60. The van der Waals surface area contributed by atoms with Gasteiger partial charge in [-0.1, -0.05) is 18.2 Å². The maximum absolute atomic E-state index is 11.6. The van der Waals surface area contributed by atoms with Gasteiger partial charge in [-0.2, -0.15) is 0 Å². The predicted molar refractivity (Wildman–Crippen MR) is 98.2 cm³/mol. The van der Waals surface area contributed by atoms with E-state index in [0.29, 0.717) is 5.69 Å². The number of aromatic nitrogens is 1. The molecule has 0 saturated carbocycles. The fraction of sp³-hybridized carbons (Fsp3) is 0.353. The third kappa shape index (κ3) is 3.97. The van der Waals surface area contributed by atoms with Crippen molar-refractivity contribution in [2.24, 2.45) is 0 Å². The first kappa shape index (κ1) is 16.6. The number of nitrogens with one attached hydrogen (secondary N) is 1. The van der Waals surface area contributed by atoms with E-state index in [-0.39, 0.29) is 5.75 Å². The van der Waals surface area contributed by atoms with Gasteiger partial charge in [0.2, 0.25) is 10.0 Å². The molecule has 1 aliphatic heterocycles. The Morgan fingerprint density at radius 2 is 1.67 bits per heavy atom. The van der Waals surface area contributed by atoms with E-state index in [4.69, 9.17) is 0 Å². The van der Waals surface area contributed by atoms with E-state index in [2.05, 4.69) is 43.8 Å². The number of sulfonamides is 1. The lowest BCUT2D eigenvalue weighted by Crippen LogP contribution is -2.46. The number of pyridine rings is 1. The number of hydrogen-bond donors (Lipinski definition) is 1. The van der Waals surface area contributed by atoms with Gasteiger partial charge in [0, 0.05) is 31.9 Å². The zero-order valence-electron chi connectivity index (χ0n) is 13.7. The smallest absolute Gasteiger partial charge is 0.232 e. The summed E-state index contributed by atoms with van der Waals surface area (Å²) in [6, 6.07) is 14.0. The normalized spacial score (nSPS) is 15.4. The van der Waals surface area contributed by atoms with Gasteiger partial charge in [0.05, 0.1) is 17.6 Å². The van der Waals surface area contributed by atoms with Gasteiger partial charge in [0.25, 0.3) is 0 Å². The summed E-state index contributed by atoms with van der Waals surface area (Å²) in [6.07, 6.45) is 1.58. The molecule has 0 amide bonds. The molecule has 1 N–H and O–H groups in total. The molecule has 2 aromatic rings. The summed E-state index contributed by atoms with van der Waals surface area (Å²) in [5.74, 6) is 0.929. The van der Waals surface area contributed by atoms with E-state index in [9.17, 15) is 8.42 Å². The van der Waals surface area contributed by atoms with Crippen molar-refractivity contribution < 1.29 is 8.42 Å². The minimum absolute atomic E-state index is 0.0518. The quantitative estimate of drug-likeness (QED) is 0.899. The molecular weight excluding hydrogens is 324 g/mol. The molecule has 1 aliphatic rings. The van der Waals surface area contributed by atoms with Gasteiger partial charge >= 0.3 is 0 Å². The summed E-state index contributed by atoms with van der Waals surface area (Å²) < 4.78 is 25.7. The molecule has 0 unspecified atom stereocenters. The number of rotatable bonds is 5. The van der Waals surface area contributed by atoms with Crippen molar-refractivity contribution in [2.45, 2.75) is 6.92 Å². The van der Waals surface area contributed by atoms with Crippen molar-refractivity contribution in [1.29, 1.82) is 0 Å². The van der Waals surface area contributed by atoms with Crippen LogP contribution in [-0.2, 0) is 10.0 Å². The van der Waals surface area contributed by atoms with Gasteiger partial charge < -0.3 is 9.80 Å². The summed E-state index contributed by atoms with van der Waals surface area (Å²) >= 11 is 0. The topological polar surface area (TPSA) is 65.5 Å². The molecule has 3 rings (SSSR count). The van der Waals surface area contributed by atoms with Crippen LogP contribution in [0.15, 0.2) is 48.7 Å². The van der Waals surface area contributed by atoms with E-state index in [1.54, 1.807) is 19.2 Å². The predicted octanol–water partition coefficient (Wildman–Crippen LogP) is 2.17. The standard InChI is InChI=1S/C17H22N4O2S/c1-2-24(22,23)19-15-8-9-17(18-14-15)21-12-10-20(11-13-21)16-6-4-3-5-7-16/h3-9,14,19H,2,10-13H2,1H3. The highest BCUT2D eigenvalue weighted by molar-refractivity contribution is 7.92. The fourth-order valence-electron chi connectivity index (χ4n) is 2.72. The Morgan fingerprint density at radius 1 is 1.00 bits per heavy atom. The summed E-state index contributed by atoms with van der Waals surface area (Å²) in [5, 5.41) is 0. The van der Waals surface area contributed by atoms with Crippen LogP contribution >= 0.6 is 0 Å². The van der Waals surface area contributed by atoms with Crippen molar-refractivity contribution in [3.63, 3.8) is 0 Å². The number of anilines is 3. The van der Waals surface area contributed by atoms with Crippen LogP contribution in [0.2, 0.25) is 0 Å². The Bertz CT molecular complexity index is 755. The van der Waals surface area contributed by atoms with Crippen LogP contribution in [0.25, 0.3) is 0 Å². The molecule has 0 atom stereocenters. The van der Waals surface area contributed by atoms with E-state index >= 15 is 0 Å². The first-order valence-electron chi connectivity index (χ1n) is 8.09. The molecule has 1 fully saturated rings. The minimum Gasteiger partial charge on any atom is -0.368 e. The average molecular weight is 346 g/mol. The van der Waals surface area contributed by atoms with E-state index in [1.807, 2.05) is 12.1 Å². The summed E-state index contributed by atoms with van der Waals surface area (Å²) in [6.45, 7) is 5.27. The van der Waals surface area contributed by atoms with Crippen LogP contribution in [0.5, 0.6) is 0 Å². The van der Waals surface area contributed by atoms with Crippen molar-refractivity contribution in [3.05, 3.63) is 48.7 Å². The Labute approximate surface area is 143 Å². The van der Waals surface area contributed by atoms with Crippen LogP contribution in [0.1, 0.15) is 6.92 Å². The third-order valence-electron chi connectivity index (χ3n) is 4.13. The molecule has 1 saturated heterocycles. The van der Waals surface area contributed by atoms with Crippen molar-refractivity contribution in [2.75, 3.05) is 46.5 Å². The maximum atomic E-state index is 11.6. The zero-order chi connectivity index (χ0) is 17.0. The van der Waals surface area contributed by atoms with Crippen LogP contribution in [0.4, 0.5) is 17.2 Å². The second-order valence-corrected chi connectivity index (χ2v) is 7.73. The molecule has 24 heavy (non-hydrogen) atoms. The zero-order valence-corrected chi connectivity index (χ0v) is 14.5. The number of hydrogen-bond acceptors (Lipinski definition) is 5. The molecule has 1 aromatic carbocycles. The monoisotopic (exact) mass is 346 g/mol. The summed E-state index contributed by atoms with van der Waals surface area (Å²) in [7, 11) is -3.26. The lowest BCUT2D eigenvalue weighted by atomic mass is 10.2. The first-order valence-corrected chi connectivity index (χ1v) is 9.74. The number of nitrogens with zero attached hydrogens (tertiary/aromatic N) is 3. The fourth-order valence-corrected chi connectivity index (χ4v) is 3.34. The van der Waals surface area contributed by atoms with Crippen molar-refractivity contribution in [3.8, 4) is 0 Å². The molecule has 7 heteroatoms. The Hall–Kier alpha value is -2.28. The van der Waals surface area contributed by atoms with Gasteiger partial charge in [-0.15, -0.1) is 0 Å². The van der Waals surface area contributed by atoms with Gasteiger partial charge in [-0.3, -0.25) is 4.72 Å². The van der Waals surface area contributed by atoms with Crippen molar-refractivity contribution in [1.82, 2.24) is 4.98 Å². The van der Waals surface area contributed by atoms with Crippen LogP contribution in [0.3, 0.4) is 0 Å². The Kier molecular flexibility index (Phi) is 4.89. The second-order valence-electron chi connectivity index (χ2n) is 5.72. The minimum atomic E-state index is -3.26. The number of para-hydroxylation sites is 1. The highest BCUT2D eigenvalue weighted by Crippen LogP contribution is 2.20. The van der Waals surface area contributed by atoms with Crippen LogP contribution < -0.4 is 14.5 Å². The molecule has 128 valence electrons. The molecule has 2 heterocycles. The summed E-state index contributed by atoms with van der Waals surface area (Å²) in [5.41, 5.74) is 1.75. The summed E-state index contributed by atoms with van der Waals surface area (Å²) in [4.78, 5) is 8.98. The van der Waals surface area contributed by atoms with E-state index < -0.39 is 10.0 Å². The van der Waals surface area contributed by atoms with Crippen LogP contribution in [-0.4, -0.2) is 45.3 Å². The molecule has 1 aromatic heterocycles. The molecule has 0 radical (unpaired) electrons. The van der Waals surface area contributed by atoms with Gasteiger partial charge in [0.15, 0.2) is 0 Å². The second kappa shape index (κ2) is 7.09. The maximum Gasteiger partial charge on any atom is 0.232 e. The lowest BCUT2D eigenvalue weighted by Gasteiger charge is -2.36. The van der Waals surface area contributed by atoms with E-state index in [0.717, 1.165) is 32.0 Å². The number of benzene rings is 1. The molecule has 0 spiro atoms. The SMILES string of the molecule is CCS(=O)(=O)Nc1ccc(N2CCN(c3ccccc3)CC2)nc1. The van der Waals surface area contributed by atoms with Crippen molar-refractivity contribution >= 4 is 27.2 Å². The largest absolute Gasteiger partial charge is 0.368 e. The molecule has 0 aliphatic carbocycles. The lowest BCUT2D eigenvalue weighted by molar-refractivity contribution is 0.602. The molecule has 6 nitrogen and oxygen atoms in total. The van der Waals surface area contributed by atoms with Crippen LogP contribution in [0, 0.1) is 0 Å².